The molecule has 0 radical (unpaired) electrons. The van der Waals surface area contributed by atoms with E-state index in [1.165, 1.54) is 23.1 Å². The highest BCUT2D eigenvalue weighted by molar-refractivity contribution is 7.91. The smallest absolute Gasteiger partial charge is 0.259 e. The molecular formula is C36H39N5O8S. The van der Waals surface area contributed by atoms with E-state index in [-0.39, 0.29) is 25.9 Å². The SMILES string of the molecule is C=C[C@@H]1C[C@]1(NC(=O)[C@@H]1C[C@@H](Oc2cc(-c3ccccc3)nc3cc(OC)ccc23)CN1C(=O)CNC(=O)C=CC)C(=O)NS(=O)(=O)C1CC1. The summed E-state index contributed by atoms with van der Waals surface area (Å²) in [6.07, 6.45) is 4.77. The second-order valence-electron chi connectivity index (χ2n) is 12.7. The molecule has 262 valence electrons. The molecule has 0 unspecified atom stereocenters. The predicted octanol–water partition coefficient (Wildman–Crippen LogP) is 2.62. The minimum atomic E-state index is -3.88. The summed E-state index contributed by atoms with van der Waals surface area (Å²) >= 11 is 0. The number of hydrogen-bond acceptors (Lipinski definition) is 9. The molecule has 2 aromatic carbocycles. The highest BCUT2D eigenvalue weighted by atomic mass is 32.2. The molecule has 0 spiro atoms. The average molecular weight is 702 g/mol. The number of pyridine rings is 1. The van der Waals surface area contributed by atoms with Crippen molar-refractivity contribution in [3.63, 3.8) is 0 Å². The molecule has 50 heavy (non-hydrogen) atoms. The van der Waals surface area contributed by atoms with Gasteiger partial charge in [-0.3, -0.25) is 23.9 Å². The molecule has 4 atom stereocenters. The largest absolute Gasteiger partial charge is 0.497 e. The van der Waals surface area contributed by atoms with E-state index >= 15 is 0 Å². The Morgan fingerprint density at radius 1 is 1.10 bits per heavy atom. The maximum Gasteiger partial charge on any atom is 0.259 e. The standard InChI is InChI=1S/C36H39N5O8S/c1-4-9-32(42)37-20-33(43)41-21-25(17-30(41)34(44)39-36(19-23(36)5-2)35(45)40-50(46,47)26-13-14-26)49-31-18-28(22-10-7-6-8-11-22)38-29-16-24(48-3)12-15-27(29)31/h4-12,15-16,18,23,25-26,30H,2,13-14,17,19-21H2,1,3H3,(H,37,42)(H,39,44)(H,40,45)/t23-,25-,30+,36-/m1/s1. The molecule has 2 aliphatic carbocycles. The van der Waals surface area contributed by atoms with Crippen LogP contribution in [0.25, 0.3) is 22.2 Å². The lowest BCUT2D eigenvalue weighted by Gasteiger charge is -2.26. The number of fused-ring (bicyclic) bond motifs is 1. The molecule has 3 aromatic rings. The fourth-order valence-electron chi connectivity index (χ4n) is 6.24. The Labute approximate surface area is 290 Å². The summed E-state index contributed by atoms with van der Waals surface area (Å²) in [6.45, 7) is 5.04. The zero-order valence-corrected chi connectivity index (χ0v) is 28.6. The van der Waals surface area contributed by atoms with Crippen molar-refractivity contribution < 1.29 is 37.1 Å². The summed E-state index contributed by atoms with van der Waals surface area (Å²) in [5.74, 6) is -1.91. The number of sulfonamides is 1. The van der Waals surface area contributed by atoms with Crippen LogP contribution in [-0.4, -0.2) is 85.1 Å². The summed E-state index contributed by atoms with van der Waals surface area (Å²) < 4.78 is 39.3. The van der Waals surface area contributed by atoms with Crippen LogP contribution in [-0.2, 0) is 29.2 Å². The molecule has 2 heterocycles. The number of rotatable bonds is 13. The van der Waals surface area contributed by atoms with Crippen molar-refractivity contribution in [2.24, 2.45) is 5.92 Å². The number of hydrogen-bond donors (Lipinski definition) is 3. The fourth-order valence-corrected chi connectivity index (χ4v) is 7.60. The van der Waals surface area contributed by atoms with Crippen molar-refractivity contribution in [1.82, 2.24) is 25.2 Å². The quantitative estimate of drug-likeness (QED) is 0.179. The number of ether oxygens (including phenoxy) is 2. The molecule has 4 amide bonds. The average Bonchev–Trinajstić information content (AvgIpc) is 4.04. The highest BCUT2D eigenvalue weighted by Gasteiger charge is 2.62. The van der Waals surface area contributed by atoms with Gasteiger partial charge in [-0.05, 0) is 44.4 Å². The molecule has 2 saturated carbocycles. The van der Waals surface area contributed by atoms with Gasteiger partial charge in [-0.15, -0.1) is 6.58 Å². The number of nitrogens with zero attached hydrogens (tertiary/aromatic N) is 2. The fraction of sp³-hybridized carbons (Fsp3) is 0.361. The predicted molar refractivity (Wildman–Crippen MR) is 185 cm³/mol. The van der Waals surface area contributed by atoms with Crippen LogP contribution in [0, 0.1) is 5.92 Å². The first kappa shape index (κ1) is 34.6. The Kier molecular flexibility index (Phi) is 9.65. The third kappa shape index (κ3) is 7.20. The first-order valence-electron chi connectivity index (χ1n) is 16.4. The topological polar surface area (TPSA) is 173 Å². The number of methoxy groups -OCH3 is 1. The minimum absolute atomic E-state index is 0.00279. The molecule has 3 fully saturated rings. The van der Waals surface area contributed by atoms with Gasteiger partial charge in [0.05, 0.1) is 36.7 Å². The van der Waals surface area contributed by atoms with Crippen LogP contribution in [0.5, 0.6) is 11.5 Å². The van der Waals surface area contributed by atoms with Crippen LogP contribution in [0.15, 0.2) is 79.4 Å². The van der Waals surface area contributed by atoms with E-state index in [0.29, 0.717) is 40.9 Å². The highest BCUT2D eigenvalue weighted by Crippen LogP contribution is 2.45. The summed E-state index contributed by atoms with van der Waals surface area (Å²) in [5.41, 5.74) is 0.588. The molecule has 3 N–H and O–H groups in total. The number of nitrogens with one attached hydrogen (secondary N) is 3. The number of likely N-dealkylation sites (tertiary alicyclic amines) is 1. The number of carbonyl (C=O) groups is 4. The third-order valence-electron chi connectivity index (χ3n) is 9.21. The van der Waals surface area contributed by atoms with E-state index in [9.17, 15) is 27.6 Å². The molecule has 1 saturated heterocycles. The van der Waals surface area contributed by atoms with Gasteiger partial charge in [-0.1, -0.05) is 42.5 Å². The number of allylic oxidation sites excluding steroid dienone is 1. The second-order valence-corrected chi connectivity index (χ2v) is 14.7. The van der Waals surface area contributed by atoms with E-state index in [2.05, 4.69) is 21.9 Å². The van der Waals surface area contributed by atoms with Gasteiger partial charge in [-0.2, -0.15) is 0 Å². The van der Waals surface area contributed by atoms with Crippen LogP contribution in [0.2, 0.25) is 0 Å². The maximum atomic E-state index is 14.0. The number of aromatic nitrogens is 1. The molecule has 13 nitrogen and oxygen atoms in total. The van der Waals surface area contributed by atoms with Gasteiger partial charge in [0.2, 0.25) is 27.7 Å². The summed E-state index contributed by atoms with van der Waals surface area (Å²) in [7, 11) is -2.31. The van der Waals surface area contributed by atoms with E-state index in [4.69, 9.17) is 14.5 Å². The van der Waals surface area contributed by atoms with Gasteiger partial charge in [-0.25, -0.2) is 13.4 Å². The van der Waals surface area contributed by atoms with Crippen molar-refractivity contribution >= 4 is 44.6 Å². The van der Waals surface area contributed by atoms with Gasteiger partial charge < -0.3 is 25.0 Å². The van der Waals surface area contributed by atoms with E-state index in [0.717, 1.165) is 5.56 Å². The minimum Gasteiger partial charge on any atom is -0.497 e. The first-order valence-corrected chi connectivity index (χ1v) is 17.9. The summed E-state index contributed by atoms with van der Waals surface area (Å²) in [4.78, 5) is 59.2. The molecule has 0 bridgehead atoms. The van der Waals surface area contributed by atoms with E-state index in [1.807, 2.05) is 36.4 Å². The number of carbonyl (C=O) groups excluding carboxylic acids is 4. The number of amides is 4. The Morgan fingerprint density at radius 3 is 2.52 bits per heavy atom. The summed E-state index contributed by atoms with van der Waals surface area (Å²) in [6, 6.07) is 15.7. The monoisotopic (exact) mass is 701 g/mol. The van der Waals surface area contributed by atoms with Gasteiger partial charge in [0.25, 0.3) is 5.91 Å². The lowest BCUT2D eigenvalue weighted by molar-refractivity contribution is -0.139. The summed E-state index contributed by atoms with van der Waals surface area (Å²) in [5, 5.41) is 5.35. The van der Waals surface area contributed by atoms with Crippen LogP contribution >= 0.6 is 0 Å². The Hall–Kier alpha value is -5.24. The Balaban J connectivity index is 1.28. The van der Waals surface area contributed by atoms with Crippen LogP contribution < -0.4 is 24.8 Å². The lowest BCUT2D eigenvalue weighted by atomic mass is 10.1. The van der Waals surface area contributed by atoms with Crippen molar-refractivity contribution in [2.75, 3.05) is 20.2 Å². The Morgan fingerprint density at radius 2 is 1.86 bits per heavy atom. The molecule has 14 heteroatoms. The molecule has 1 aromatic heterocycles. The van der Waals surface area contributed by atoms with Gasteiger partial charge in [0.1, 0.15) is 29.2 Å². The van der Waals surface area contributed by atoms with Crippen LogP contribution in [0.1, 0.15) is 32.6 Å². The van der Waals surface area contributed by atoms with Gasteiger partial charge in [0.15, 0.2) is 0 Å². The molecule has 1 aliphatic heterocycles. The third-order valence-corrected chi connectivity index (χ3v) is 11.0. The van der Waals surface area contributed by atoms with Crippen molar-refractivity contribution in [1.29, 1.82) is 0 Å². The second kappa shape index (κ2) is 13.9. The van der Waals surface area contributed by atoms with Crippen molar-refractivity contribution in [3.05, 3.63) is 79.4 Å². The van der Waals surface area contributed by atoms with Gasteiger partial charge >= 0.3 is 0 Å². The van der Waals surface area contributed by atoms with E-state index < -0.39 is 62.5 Å². The van der Waals surface area contributed by atoms with Crippen molar-refractivity contribution in [2.45, 2.75) is 55.5 Å². The molecule has 6 rings (SSSR count). The normalized spacial score (nSPS) is 22.9. The molecule has 3 aliphatic rings. The zero-order valence-electron chi connectivity index (χ0n) is 27.8. The molecular weight excluding hydrogens is 662 g/mol. The number of benzene rings is 2. The maximum absolute atomic E-state index is 14.0. The zero-order chi connectivity index (χ0) is 35.6. The lowest BCUT2D eigenvalue weighted by Crippen LogP contribution is -2.57. The van der Waals surface area contributed by atoms with Crippen LogP contribution in [0.4, 0.5) is 0 Å². The van der Waals surface area contributed by atoms with Crippen LogP contribution in [0.3, 0.4) is 0 Å². The van der Waals surface area contributed by atoms with E-state index in [1.54, 1.807) is 32.2 Å². The first-order chi connectivity index (χ1) is 24.0. The van der Waals surface area contributed by atoms with Crippen molar-refractivity contribution in [3.8, 4) is 22.8 Å². The van der Waals surface area contributed by atoms with Gasteiger partial charge in [0, 0.05) is 35.4 Å². The Bertz CT molecular complexity index is 1980.